The molecule has 3 nitrogen and oxygen atoms in total. The van der Waals surface area contributed by atoms with E-state index in [1.165, 1.54) is 0 Å². The summed E-state index contributed by atoms with van der Waals surface area (Å²) in [5.74, 6) is 0.543. The van der Waals surface area contributed by atoms with Crippen LogP contribution in [-0.4, -0.2) is 42.3 Å². The molecule has 0 aliphatic carbocycles. The Balaban J connectivity index is 2.23. The van der Waals surface area contributed by atoms with E-state index in [0.717, 1.165) is 38.9 Å². The molecular weight excluding hydrogens is 164 g/mol. The lowest BCUT2D eigenvalue weighted by atomic mass is 9.96. The van der Waals surface area contributed by atoms with Crippen LogP contribution >= 0.6 is 0 Å². The number of nitrogens with zero attached hydrogens (tertiary/aromatic N) is 1. The summed E-state index contributed by atoms with van der Waals surface area (Å²) in [5.41, 5.74) is 5.52. The second-order valence-corrected chi connectivity index (χ2v) is 4.09. The predicted molar refractivity (Wildman–Crippen MR) is 54.5 cm³/mol. The van der Waals surface area contributed by atoms with E-state index < -0.39 is 0 Å². The lowest BCUT2D eigenvalue weighted by Gasteiger charge is -2.35. The van der Waals surface area contributed by atoms with Crippen molar-refractivity contribution in [3.8, 4) is 0 Å². The molecule has 1 heterocycles. The van der Waals surface area contributed by atoms with Crippen LogP contribution < -0.4 is 5.73 Å². The minimum absolute atomic E-state index is 0.360. The molecule has 0 bridgehead atoms. The van der Waals surface area contributed by atoms with Crippen LogP contribution in [0.3, 0.4) is 0 Å². The minimum Gasteiger partial charge on any atom is -0.396 e. The molecule has 0 aromatic rings. The Morgan fingerprint density at radius 2 is 2.08 bits per heavy atom. The van der Waals surface area contributed by atoms with Gasteiger partial charge in [-0.05, 0) is 51.7 Å². The molecule has 0 spiro atoms. The topological polar surface area (TPSA) is 49.5 Å². The SMILES string of the molecule is CC(CCN)N1CCC(CO)CC1. The summed E-state index contributed by atoms with van der Waals surface area (Å²) < 4.78 is 0. The van der Waals surface area contributed by atoms with E-state index in [1.54, 1.807) is 0 Å². The fourth-order valence-electron chi connectivity index (χ4n) is 2.00. The van der Waals surface area contributed by atoms with Gasteiger partial charge in [-0.1, -0.05) is 0 Å². The quantitative estimate of drug-likeness (QED) is 0.669. The van der Waals surface area contributed by atoms with E-state index in [4.69, 9.17) is 10.8 Å². The van der Waals surface area contributed by atoms with Crippen molar-refractivity contribution in [3.63, 3.8) is 0 Å². The molecule has 3 N–H and O–H groups in total. The van der Waals surface area contributed by atoms with Crippen molar-refractivity contribution in [1.29, 1.82) is 0 Å². The second kappa shape index (κ2) is 5.58. The van der Waals surface area contributed by atoms with E-state index in [0.29, 0.717) is 18.6 Å². The van der Waals surface area contributed by atoms with Crippen LogP contribution in [0, 0.1) is 5.92 Å². The number of hydrogen-bond acceptors (Lipinski definition) is 3. The molecule has 0 aromatic heterocycles. The summed E-state index contributed by atoms with van der Waals surface area (Å²) >= 11 is 0. The molecule has 1 saturated heterocycles. The average Bonchev–Trinajstić information content (AvgIpc) is 2.18. The third-order valence-electron chi connectivity index (χ3n) is 3.12. The van der Waals surface area contributed by atoms with Gasteiger partial charge in [0.05, 0.1) is 0 Å². The number of nitrogens with two attached hydrogens (primary N) is 1. The molecule has 1 rings (SSSR count). The predicted octanol–water partition coefficient (Wildman–Crippen LogP) is 0.428. The molecule has 1 atom stereocenters. The maximum Gasteiger partial charge on any atom is 0.0460 e. The van der Waals surface area contributed by atoms with Crippen LogP contribution in [-0.2, 0) is 0 Å². The molecule has 1 fully saturated rings. The molecule has 0 amide bonds. The Kier molecular flexibility index (Phi) is 4.70. The summed E-state index contributed by atoms with van der Waals surface area (Å²) in [5, 5.41) is 8.98. The molecule has 1 aliphatic rings. The molecule has 78 valence electrons. The standard InChI is InChI=1S/C10H22N2O/c1-9(2-5-11)12-6-3-10(8-13)4-7-12/h9-10,13H,2-8,11H2,1H3. The smallest absolute Gasteiger partial charge is 0.0460 e. The van der Waals surface area contributed by atoms with Crippen molar-refractivity contribution in [2.45, 2.75) is 32.2 Å². The van der Waals surface area contributed by atoms with Gasteiger partial charge in [0.2, 0.25) is 0 Å². The highest BCUT2D eigenvalue weighted by molar-refractivity contribution is 4.75. The first-order chi connectivity index (χ1) is 6.27. The van der Waals surface area contributed by atoms with E-state index in [-0.39, 0.29) is 0 Å². The molecule has 0 saturated carbocycles. The summed E-state index contributed by atoms with van der Waals surface area (Å²) in [4.78, 5) is 2.49. The van der Waals surface area contributed by atoms with Gasteiger partial charge in [0.25, 0.3) is 0 Å². The van der Waals surface area contributed by atoms with Gasteiger partial charge in [-0.3, -0.25) is 0 Å². The van der Waals surface area contributed by atoms with Gasteiger partial charge in [-0.2, -0.15) is 0 Å². The van der Waals surface area contributed by atoms with Gasteiger partial charge >= 0.3 is 0 Å². The highest BCUT2D eigenvalue weighted by Gasteiger charge is 2.21. The first-order valence-corrected chi connectivity index (χ1v) is 5.33. The molecule has 13 heavy (non-hydrogen) atoms. The van der Waals surface area contributed by atoms with Crippen molar-refractivity contribution in [2.75, 3.05) is 26.2 Å². The number of hydrogen-bond donors (Lipinski definition) is 2. The first-order valence-electron chi connectivity index (χ1n) is 5.33. The third kappa shape index (κ3) is 3.25. The maximum atomic E-state index is 8.98. The van der Waals surface area contributed by atoms with Crippen LogP contribution in [0.4, 0.5) is 0 Å². The minimum atomic E-state index is 0.360. The molecule has 0 radical (unpaired) electrons. The maximum absolute atomic E-state index is 8.98. The lowest BCUT2D eigenvalue weighted by molar-refractivity contribution is 0.103. The van der Waals surface area contributed by atoms with Gasteiger partial charge in [0.15, 0.2) is 0 Å². The highest BCUT2D eigenvalue weighted by atomic mass is 16.3. The van der Waals surface area contributed by atoms with E-state index in [2.05, 4.69) is 11.8 Å². The number of aliphatic hydroxyl groups is 1. The number of rotatable bonds is 4. The Morgan fingerprint density at radius 3 is 2.54 bits per heavy atom. The van der Waals surface area contributed by atoms with Crippen molar-refractivity contribution >= 4 is 0 Å². The van der Waals surface area contributed by atoms with Crippen molar-refractivity contribution in [1.82, 2.24) is 4.90 Å². The molecule has 1 unspecified atom stereocenters. The molecular formula is C10H22N2O. The number of piperidine rings is 1. The largest absolute Gasteiger partial charge is 0.396 e. The van der Waals surface area contributed by atoms with Crippen molar-refractivity contribution < 1.29 is 5.11 Å². The van der Waals surface area contributed by atoms with Gasteiger partial charge in [0.1, 0.15) is 0 Å². The zero-order valence-electron chi connectivity index (χ0n) is 8.58. The molecule has 3 heteroatoms. The zero-order valence-corrected chi connectivity index (χ0v) is 8.58. The van der Waals surface area contributed by atoms with E-state index in [1.807, 2.05) is 0 Å². The highest BCUT2D eigenvalue weighted by Crippen LogP contribution is 2.18. The van der Waals surface area contributed by atoms with Crippen LogP contribution in [0.1, 0.15) is 26.2 Å². The average molecular weight is 186 g/mol. The Labute approximate surface area is 80.9 Å². The van der Waals surface area contributed by atoms with Gasteiger partial charge in [0, 0.05) is 12.6 Å². The summed E-state index contributed by atoms with van der Waals surface area (Å²) in [7, 11) is 0. The summed E-state index contributed by atoms with van der Waals surface area (Å²) in [6.45, 7) is 5.64. The Bertz CT molecular complexity index is 133. The van der Waals surface area contributed by atoms with Gasteiger partial charge in [-0.25, -0.2) is 0 Å². The first kappa shape index (κ1) is 11.0. The lowest BCUT2D eigenvalue weighted by Crippen LogP contribution is -2.41. The van der Waals surface area contributed by atoms with Crippen molar-refractivity contribution in [2.24, 2.45) is 11.7 Å². The normalized spacial score (nSPS) is 23.3. The fourth-order valence-corrected chi connectivity index (χ4v) is 2.00. The third-order valence-corrected chi connectivity index (χ3v) is 3.12. The van der Waals surface area contributed by atoms with Crippen LogP contribution in [0.25, 0.3) is 0 Å². The van der Waals surface area contributed by atoms with E-state index in [9.17, 15) is 0 Å². The summed E-state index contributed by atoms with van der Waals surface area (Å²) in [6.07, 6.45) is 3.38. The zero-order chi connectivity index (χ0) is 9.68. The monoisotopic (exact) mass is 186 g/mol. The number of aliphatic hydroxyl groups excluding tert-OH is 1. The van der Waals surface area contributed by atoms with Crippen LogP contribution in [0.5, 0.6) is 0 Å². The molecule has 1 aliphatic heterocycles. The van der Waals surface area contributed by atoms with Crippen molar-refractivity contribution in [3.05, 3.63) is 0 Å². The second-order valence-electron chi connectivity index (χ2n) is 4.09. The van der Waals surface area contributed by atoms with Crippen LogP contribution in [0.15, 0.2) is 0 Å². The van der Waals surface area contributed by atoms with E-state index >= 15 is 0 Å². The molecule has 0 aromatic carbocycles. The Hall–Kier alpha value is -0.120. The van der Waals surface area contributed by atoms with Crippen LogP contribution in [0.2, 0.25) is 0 Å². The van der Waals surface area contributed by atoms with Gasteiger partial charge < -0.3 is 15.7 Å². The summed E-state index contributed by atoms with van der Waals surface area (Å²) in [6, 6.07) is 0.615. The van der Waals surface area contributed by atoms with Gasteiger partial charge in [-0.15, -0.1) is 0 Å². The Morgan fingerprint density at radius 1 is 1.46 bits per heavy atom. The number of likely N-dealkylation sites (tertiary alicyclic amines) is 1. The fraction of sp³-hybridized carbons (Fsp3) is 1.00.